The fourth-order valence-electron chi connectivity index (χ4n) is 5.45. The first-order valence-corrected chi connectivity index (χ1v) is 17.6. The molecule has 55 heavy (non-hydrogen) atoms. The molecule has 4 atom stereocenters. The minimum absolute atomic E-state index is 0.0203. The van der Waals surface area contributed by atoms with E-state index in [4.69, 9.17) is 30.4 Å². The molecule has 0 unspecified atom stereocenters. The van der Waals surface area contributed by atoms with Gasteiger partial charge in [-0.15, -0.1) is 0 Å². The molecule has 9 N–H and O–H groups in total. The molecule has 2 aromatic carbocycles. The number of hydrogen-bond acceptors (Lipinski definition) is 13. The fourth-order valence-corrected chi connectivity index (χ4v) is 5.45. The summed E-state index contributed by atoms with van der Waals surface area (Å²) in [5.74, 6) is -3.27. The van der Waals surface area contributed by atoms with Gasteiger partial charge in [-0.05, 0) is 83.4 Å². The SMILES string of the molecule is COC(=O)[C@@H]1Cc2ccc(O)c(c2)-c2cc(ccc2OCCNC(=O)OC(C)(C)C)[C@H](N(C)C(=O)[C@@H](N)CCNC(=O)OC(C)(C)C)C(=O)N[C@@H](N)C(=O)N1. The Labute approximate surface area is 319 Å². The van der Waals surface area contributed by atoms with Crippen molar-refractivity contribution in [1.82, 2.24) is 26.2 Å². The van der Waals surface area contributed by atoms with Crippen LogP contribution in [-0.2, 0) is 39.8 Å². The number of phenols is 1. The van der Waals surface area contributed by atoms with Crippen molar-refractivity contribution in [3.63, 3.8) is 0 Å². The standard InChI is InChI=1S/C37H53N7O11/c1-36(2,3)54-34(50)40-14-13-24(38)32(48)44(7)28-21-10-12-27(53-16-15-41-35(51)55-37(4,5)6)23(19-21)22-17-20(9-11-26(22)45)18-25(33(49)52-8)42-31(47)29(39)43-30(28)46/h9-12,17,19,24-25,28-29,45H,13-16,18,38-39H2,1-8H3,(H,40,50)(H,41,51)(H,42,47)(H,43,46)/t24-,25-,28-,29+/m0/s1. The molecular formula is C37H53N7O11. The first-order valence-electron chi connectivity index (χ1n) is 17.6. The van der Waals surface area contributed by atoms with Crippen LogP contribution in [0.4, 0.5) is 9.59 Å². The van der Waals surface area contributed by atoms with Crippen LogP contribution in [0.15, 0.2) is 36.4 Å². The number of hydrogen-bond donors (Lipinski definition) is 7. The molecule has 0 radical (unpaired) electrons. The van der Waals surface area contributed by atoms with Crippen molar-refractivity contribution in [3.8, 4) is 22.6 Å². The molecule has 302 valence electrons. The Hall–Kier alpha value is -5.62. The van der Waals surface area contributed by atoms with Crippen LogP contribution in [0.2, 0.25) is 0 Å². The Bertz CT molecular complexity index is 1740. The van der Waals surface area contributed by atoms with Crippen LogP contribution in [0.25, 0.3) is 11.1 Å². The van der Waals surface area contributed by atoms with Gasteiger partial charge in [0.05, 0.1) is 19.7 Å². The number of likely N-dealkylation sites (N-methyl/N-ethyl adjacent to an activating group) is 1. The van der Waals surface area contributed by atoms with E-state index in [1.165, 1.54) is 31.3 Å². The van der Waals surface area contributed by atoms with Crippen LogP contribution in [0.3, 0.4) is 0 Å². The number of nitrogens with two attached hydrogens (primary N) is 2. The van der Waals surface area contributed by atoms with E-state index in [-0.39, 0.29) is 60.7 Å². The highest BCUT2D eigenvalue weighted by Crippen LogP contribution is 2.39. The van der Waals surface area contributed by atoms with Crippen LogP contribution < -0.4 is 37.5 Å². The van der Waals surface area contributed by atoms with E-state index in [0.717, 1.165) is 12.0 Å². The zero-order valence-corrected chi connectivity index (χ0v) is 32.4. The minimum atomic E-state index is -1.67. The number of carbonyl (C=O) groups is 6. The van der Waals surface area contributed by atoms with Crippen molar-refractivity contribution >= 4 is 35.9 Å². The molecule has 0 saturated carbocycles. The van der Waals surface area contributed by atoms with Crippen LogP contribution in [0.5, 0.6) is 11.5 Å². The number of phenolic OH excluding ortho intramolecular Hbond substituents is 1. The Balaban J connectivity index is 2.07. The summed E-state index contributed by atoms with van der Waals surface area (Å²) < 4.78 is 21.4. The van der Waals surface area contributed by atoms with Gasteiger partial charge in [-0.3, -0.25) is 14.4 Å². The van der Waals surface area contributed by atoms with Gasteiger partial charge in [-0.2, -0.15) is 0 Å². The third-order valence-corrected chi connectivity index (χ3v) is 7.94. The highest BCUT2D eigenvalue weighted by molar-refractivity contribution is 5.95. The van der Waals surface area contributed by atoms with Gasteiger partial charge in [0.1, 0.15) is 41.4 Å². The lowest BCUT2D eigenvalue weighted by Gasteiger charge is -2.31. The highest BCUT2D eigenvalue weighted by Gasteiger charge is 2.35. The summed E-state index contributed by atoms with van der Waals surface area (Å²) >= 11 is 0. The fraction of sp³-hybridized carbons (Fsp3) is 0.514. The average molecular weight is 772 g/mol. The van der Waals surface area contributed by atoms with E-state index in [2.05, 4.69) is 21.3 Å². The topological polar surface area (TPSA) is 263 Å². The van der Waals surface area contributed by atoms with Gasteiger partial charge in [0.2, 0.25) is 11.8 Å². The Kier molecular flexibility index (Phi) is 14.8. The summed E-state index contributed by atoms with van der Waals surface area (Å²) in [7, 11) is 2.48. The normalized spacial score (nSPS) is 18.0. The second kappa shape index (κ2) is 18.6. The number of rotatable bonds is 10. The molecule has 0 spiro atoms. The third kappa shape index (κ3) is 13.0. The van der Waals surface area contributed by atoms with E-state index in [1.807, 2.05) is 0 Å². The second-order valence-electron chi connectivity index (χ2n) is 14.8. The lowest BCUT2D eigenvalue weighted by Crippen LogP contribution is -2.58. The first kappa shape index (κ1) is 43.8. The highest BCUT2D eigenvalue weighted by atomic mass is 16.6. The number of nitrogens with zero attached hydrogens (tertiary/aromatic N) is 1. The predicted molar refractivity (Wildman–Crippen MR) is 199 cm³/mol. The molecule has 0 fully saturated rings. The number of esters is 1. The zero-order chi connectivity index (χ0) is 41.2. The number of methoxy groups -OCH3 is 1. The molecule has 2 aromatic rings. The molecule has 18 nitrogen and oxygen atoms in total. The van der Waals surface area contributed by atoms with Crippen molar-refractivity contribution in [2.75, 3.05) is 33.9 Å². The smallest absolute Gasteiger partial charge is 0.407 e. The van der Waals surface area contributed by atoms with Gasteiger partial charge < -0.3 is 61.7 Å². The number of carbonyl (C=O) groups excluding carboxylic acids is 6. The lowest BCUT2D eigenvalue weighted by molar-refractivity contribution is -0.145. The minimum Gasteiger partial charge on any atom is -0.507 e. The maximum Gasteiger partial charge on any atom is 0.407 e. The number of benzene rings is 2. The van der Waals surface area contributed by atoms with Crippen molar-refractivity contribution in [3.05, 3.63) is 47.5 Å². The van der Waals surface area contributed by atoms with E-state index in [9.17, 15) is 33.9 Å². The Morgan fingerprint density at radius 2 is 1.53 bits per heavy atom. The maximum atomic E-state index is 14.0. The van der Waals surface area contributed by atoms with Crippen molar-refractivity contribution in [2.45, 2.75) is 89.9 Å². The van der Waals surface area contributed by atoms with Gasteiger partial charge in [-0.1, -0.05) is 12.1 Å². The van der Waals surface area contributed by atoms with Gasteiger partial charge in [0, 0.05) is 31.1 Å². The maximum absolute atomic E-state index is 14.0. The van der Waals surface area contributed by atoms with Crippen molar-refractivity contribution in [1.29, 1.82) is 0 Å². The number of alkyl carbamates (subject to hydrolysis) is 2. The van der Waals surface area contributed by atoms with Gasteiger partial charge in [0.25, 0.3) is 5.91 Å². The monoisotopic (exact) mass is 771 g/mol. The molecule has 1 heterocycles. The Morgan fingerprint density at radius 3 is 2.13 bits per heavy atom. The Morgan fingerprint density at radius 1 is 0.909 bits per heavy atom. The summed E-state index contributed by atoms with van der Waals surface area (Å²) in [5, 5.41) is 21.2. The van der Waals surface area contributed by atoms with Gasteiger partial charge >= 0.3 is 18.2 Å². The molecule has 0 saturated heterocycles. The molecule has 4 bridgehead atoms. The molecule has 5 amide bonds. The van der Waals surface area contributed by atoms with E-state index >= 15 is 0 Å². The van der Waals surface area contributed by atoms with Crippen LogP contribution in [0.1, 0.15) is 65.1 Å². The predicted octanol–water partition coefficient (Wildman–Crippen LogP) is 1.32. The molecule has 1 aliphatic rings. The number of ether oxygens (including phenoxy) is 4. The van der Waals surface area contributed by atoms with Crippen LogP contribution >= 0.6 is 0 Å². The van der Waals surface area contributed by atoms with Crippen molar-refractivity contribution < 1.29 is 52.8 Å². The third-order valence-electron chi connectivity index (χ3n) is 7.94. The van der Waals surface area contributed by atoms with Gasteiger partial charge in [-0.25, -0.2) is 14.4 Å². The number of amides is 5. The first-order chi connectivity index (χ1) is 25.6. The number of nitrogens with one attached hydrogen (secondary N) is 4. The molecule has 1 aliphatic heterocycles. The molecule has 0 aliphatic carbocycles. The van der Waals surface area contributed by atoms with E-state index < -0.39 is 71.4 Å². The number of aromatic hydroxyl groups is 1. The molecular weight excluding hydrogens is 718 g/mol. The zero-order valence-electron chi connectivity index (χ0n) is 32.4. The number of fused-ring (bicyclic) bond motifs is 5. The summed E-state index contributed by atoms with van der Waals surface area (Å²) in [6.45, 7) is 10.3. The lowest BCUT2D eigenvalue weighted by atomic mass is 9.93. The van der Waals surface area contributed by atoms with Crippen LogP contribution in [0, 0.1) is 0 Å². The summed E-state index contributed by atoms with van der Waals surface area (Å²) in [6, 6.07) is 5.18. The second-order valence-corrected chi connectivity index (χ2v) is 14.8. The largest absolute Gasteiger partial charge is 0.507 e. The quantitative estimate of drug-likeness (QED) is 0.102. The summed E-state index contributed by atoms with van der Waals surface area (Å²) in [4.78, 5) is 79.1. The summed E-state index contributed by atoms with van der Waals surface area (Å²) in [6.07, 6.45) is -3.12. The molecule has 3 rings (SSSR count). The van der Waals surface area contributed by atoms with E-state index in [0.29, 0.717) is 5.56 Å². The molecule has 0 aromatic heterocycles. The van der Waals surface area contributed by atoms with Gasteiger partial charge in [0.15, 0.2) is 6.17 Å². The average Bonchev–Trinajstić information content (AvgIpc) is 3.08. The van der Waals surface area contributed by atoms with E-state index in [1.54, 1.807) is 53.7 Å². The van der Waals surface area contributed by atoms with Crippen molar-refractivity contribution in [2.24, 2.45) is 11.5 Å². The van der Waals surface area contributed by atoms with Crippen LogP contribution in [-0.4, -0.2) is 109 Å². The molecule has 18 heteroatoms. The summed E-state index contributed by atoms with van der Waals surface area (Å²) in [5.41, 5.74) is 12.1.